The highest BCUT2D eigenvalue weighted by molar-refractivity contribution is 5.43. The first-order valence-electron chi connectivity index (χ1n) is 7.44. The Balaban J connectivity index is 1.67. The summed E-state index contributed by atoms with van der Waals surface area (Å²) in [7, 11) is 1.70. The number of methoxy groups -OCH3 is 1. The highest BCUT2D eigenvalue weighted by atomic mass is 16.5. The average Bonchev–Trinajstić information content (AvgIpc) is 2.89. The van der Waals surface area contributed by atoms with Crippen molar-refractivity contribution < 1.29 is 9.26 Å². The lowest BCUT2D eigenvalue weighted by atomic mass is 9.77. The number of aromatic nitrogens is 2. The molecule has 0 bridgehead atoms. The summed E-state index contributed by atoms with van der Waals surface area (Å²) in [6, 6.07) is 8.65. The van der Waals surface area contributed by atoms with Gasteiger partial charge in [-0.3, -0.25) is 0 Å². The SMILES string of the molecule is CCNC(COC)Cc1nc(C2Cc3ccccc32)no1. The fourth-order valence-electron chi connectivity index (χ4n) is 2.87. The summed E-state index contributed by atoms with van der Waals surface area (Å²) in [6.45, 7) is 3.61. The quantitative estimate of drug-likeness (QED) is 0.843. The third-order valence-corrected chi connectivity index (χ3v) is 3.93. The van der Waals surface area contributed by atoms with Crippen molar-refractivity contribution in [3.8, 4) is 0 Å². The van der Waals surface area contributed by atoms with Crippen LogP contribution in [0, 0.1) is 0 Å². The van der Waals surface area contributed by atoms with Crippen LogP contribution in [-0.2, 0) is 17.6 Å². The third kappa shape index (κ3) is 2.99. The Labute approximate surface area is 124 Å². The van der Waals surface area contributed by atoms with Crippen LogP contribution in [0.4, 0.5) is 0 Å². The van der Waals surface area contributed by atoms with Crippen molar-refractivity contribution in [2.45, 2.75) is 31.7 Å². The molecule has 1 heterocycles. The lowest BCUT2D eigenvalue weighted by Gasteiger charge is -2.27. The summed E-state index contributed by atoms with van der Waals surface area (Å²) < 4.78 is 10.6. The molecule has 0 aliphatic heterocycles. The van der Waals surface area contributed by atoms with Crippen LogP contribution >= 0.6 is 0 Å². The van der Waals surface area contributed by atoms with Gasteiger partial charge in [-0.1, -0.05) is 36.3 Å². The average molecular weight is 287 g/mol. The van der Waals surface area contributed by atoms with E-state index in [9.17, 15) is 0 Å². The molecule has 1 aromatic heterocycles. The molecule has 5 nitrogen and oxygen atoms in total. The number of nitrogens with zero attached hydrogens (tertiary/aromatic N) is 2. The minimum Gasteiger partial charge on any atom is -0.383 e. The predicted molar refractivity (Wildman–Crippen MR) is 79.3 cm³/mol. The van der Waals surface area contributed by atoms with Gasteiger partial charge in [-0.25, -0.2) is 0 Å². The minimum absolute atomic E-state index is 0.210. The molecule has 2 unspecified atom stereocenters. The van der Waals surface area contributed by atoms with Gasteiger partial charge >= 0.3 is 0 Å². The van der Waals surface area contributed by atoms with Crippen LogP contribution in [0.2, 0.25) is 0 Å². The summed E-state index contributed by atoms with van der Waals surface area (Å²) in [5, 5.41) is 7.52. The largest absolute Gasteiger partial charge is 0.383 e. The van der Waals surface area contributed by atoms with E-state index in [1.807, 2.05) is 0 Å². The number of rotatable bonds is 7. The van der Waals surface area contributed by atoms with Gasteiger partial charge in [-0.05, 0) is 24.1 Å². The molecule has 2 atom stereocenters. The molecule has 0 saturated heterocycles. The molecule has 1 aliphatic rings. The highest BCUT2D eigenvalue weighted by Crippen LogP contribution is 2.38. The number of fused-ring (bicyclic) bond motifs is 1. The standard InChI is InChI=1S/C16H21N3O2/c1-3-17-12(10-20-2)9-15-18-16(19-21-15)14-8-11-6-4-5-7-13(11)14/h4-7,12,14,17H,3,8-10H2,1-2H3. The smallest absolute Gasteiger partial charge is 0.228 e. The number of hydrogen-bond acceptors (Lipinski definition) is 5. The van der Waals surface area contributed by atoms with Crippen LogP contribution in [0.3, 0.4) is 0 Å². The molecule has 5 heteroatoms. The lowest BCUT2D eigenvalue weighted by Crippen LogP contribution is -2.35. The van der Waals surface area contributed by atoms with E-state index in [1.165, 1.54) is 11.1 Å². The zero-order chi connectivity index (χ0) is 14.7. The van der Waals surface area contributed by atoms with E-state index in [1.54, 1.807) is 7.11 Å². The van der Waals surface area contributed by atoms with Crippen molar-refractivity contribution in [2.75, 3.05) is 20.3 Å². The van der Waals surface area contributed by atoms with E-state index in [0.717, 1.165) is 18.8 Å². The van der Waals surface area contributed by atoms with E-state index >= 15 is 0 Å². The summed E-state index contributed by atoms with van der Waals surface area (Å²) in [6.07, 6.45) is 1.70. The molecule has 0 saturated carbocycles. The zero-order valence-electron chi connectivity index (χ0n) is 12.5. The molecule has 0 radical (unpaired) electrons. The van der Waals surface area contributed by atoms with Gasteiger partial charge in [0.05, 0.1) is 12.5 Å². The first-order chi connectivity index (χ1) is 10.3. The molecule has 21 heavy (non-hydrogen) atoms. The predicted octanol–water partition coefficient (Wildman–Crippen LogP) is 1.92. The van der Waals surface area contributed by atoms with Crippen molar-refractivity contribution in [2.24, 2.45) is 0 Å². The second kappa shape index (κ2) is 6.37. The van der Waals surface area contributed by atoms with Crippen molar-refractivity contribution in [1.29, 1.82) is 0 Å². The first kappa shape index (κ1) is 14.2. The zero-order valence-corrected chi connectivity index (χ0v) is 12.5. The Morgan fingerprint density at radius 3 is 3.05 bits per heavy atom. The van der Waals surface area contributed by atoms with Crippen LogP contribution in [-0.4, -0.2) is 36.4 Å². The molecular weight excluding hydrogens is 266 g/mol. The molecule has 3 rings (SSSR count). The van der Waals surface area contributed by atoms with E-state index < -0.39 is 0 Å². The van der Waals surface area contributed by atoms with Gasteiger partial charge in [0.1, 0.15) is 0 Å². The monoisotopic (exact) mass is 287 g/mol. The van der Waals surface area contributed by atoms with Crippen molar-refractivity contribution in [1.82, 2.24) is 15.5 Å². The Bertz CT molecular complexity index is 591. The molecule has 1 N–H and O–H groups in total. The van der Waals surface area contributed by atoms with E-state index in [2.05, 4.69) is 46.6 Å². The number of benzene rings is 1. The molecular formula is C16H21N3O2. The van der Waals surface area contributed by atoms with Gasteiger partial charge in [0.15, 0.2) is 5.82 Å². The summed E-state index contributed by atoms with van der Waals surface area (Å²) >= 11 is 0. The molecule has 0 amide bonds. The summed E-state index contributed by atoms with van der Waals surface area (Å²) in [5.41, 5.74) is 2.71. The molecule has 0 spiro atoms. The first-order valence-corrected chi connectivity index (χ1v) is 7.44. The molecule has 1 aromatic carbocycles. The second-order valence-corrected chi connectivity index (χ2v) is 5.42. The van der Waals surface area contributed by atoms with Crippen LogP contribution in [0.25, 0.3) is 0 Å². The fraction of sp³-hybridized carbons (Fsp3) is 0.500. The lowest BCUT2D eigenvalue weighted by molar-refractivity contribution is 0.162. The Morgan fingerprint density at radius 2 is 2.29 bits per heavy atom. The summed E-state index contributed by atoms with van der Waals surface area (Å²) in [5.74, 6) is 1.77. The Kier molecular flexibility index (Phi) is 4.31. The van der Waals surface area contributed by atoms with Gasteiger partial charge < -0.3 is 14.6 Å². The molecule has 112 valence electrons. The number of nitrogens with one attached hydrogen (secondary N) is 1. The minimum atomic E-state index is 0.210. The van der Waals surface area contributed by atoms with Crippen LogP contribution in [0.15, 0.2) is 28.8 Å². The van der Waals surface area contributed by atoms with Gasteiger partial charge in [0.25, 0.3) is 0 Å². The van der Waals surface area contributed by atoms with Gasteiger partial charge in [-0.15, -0.1) is 0 Å². The van der Waals surface area contributed by atoms with Gasteiger partial charge in [0.2, 0.25) is 5.89 Å². The summed E-state index contributed by atoms with van der Waals surface area (Å²) in [4.78, 5) is 4.56. The van der Waals surface area contributed by atoms with Crippen LogP contribution < -0.4 is 5.32 Å². The third-order valence-electron chi connectivity index (χ3n) is 3.93. The van der Waals surface area contributed by atoms with E-state index in [0.29, 0.717) is 24.8 Å². The van der Waals surface area contributed by atoms with Crippen LogP contribution in [0.5, 0.6) is 0 Å². The number of ether oxygens (including phenoxy) is 1. The van der Waals surface area contributed by atoms with Gasteiger partial charge in [-0.2, -0.15) is 4.98 Å². The normalized spacial score (nSPS) is 18.1. The maximum atomic E-state index is 5.40. The van der Waals surface area contributed by atoms with Crippen molar-refractivity contribution in [3.05, 3.63) is 47.1 Å². The topological polar surface area (TPSA) is 60.2 Å². The Hall–Kier alpha value is -1.72. The maximum absolute atomic E-state index is 5.40. The van der Waals surface area contributed by atoms with Crippen molar-refractivity contribution in [3.63, 3.8) is 0 Å². The maximum Gasteiger partial charge on any atom is 0.228 e. The highest BCUT2D eigenvalue weighted by Gasteiger charge is 2.31. The Morgan fingerprint density at radius 1 is 1.43 bits per heavy atom. The molecule has 1 aliphatic carbocycles. The van der Waals surface area contributed by atoms with E-state index in [4.69, 9.17) is 9.26 Å². The fourth-order valence-corrected chi connectivity index (χ4v) is 2.87. The second-order valence-electron chi connectivity index (χ2n) is 5.42. The van der Waals surface area contributed by atoms with Crippen LogP contribution in [0.1, 0.15) is 35.7 Å². The molecule has 2 aromatic rings. The molecule has 0 fully saturated rings. The van der Waals surface area contributed by atoms with E-state index in [-0.39, 0.29) is 6.04 Å². The van der Waals surface area contributed by atoms with Gasteiger partial charge in [0, 0.05) is 19.6 Å². The number of hydrogen-bond donors (Lipinski definition) is 1. The van der Waals surface area contributed by atoms with Crippen molar-refractivity contribution >= 4 is 0 Å². The number of likely N-dealkylation sites (N-methyl/N-ethyl adjacent to an activating group) is 1.